The summed E-state index contributed by atoms with van der Waals surface area (Å²) < 4.78 is 39.0. The third-order valence-electron chi connectivity index (χ3n) is 2.13. The molecule has 0 bridgehead atoms. The number of aromatic hydroxyl groups is 1. The van der Waals surface area contributed by atoms with E-state index in [1.54, 1.807) is 0 Å². The number of carbonyl (C=O) groups excluding carboxylic acids is 1. The Hall–Kier alpha value is -2.23. The third kappa shape index (κ3) is 2.91. The van der Waals surface area contributed by atoms with E-state index in [-0.39, 0.29) is 13.0 Å². The van der Waals surface area contributed by atoms with Gasteiger partial charge in [-0.25, -0.2) is 8.78 Å². The standard InChI is InChI=1S/C11H9F3N2O2/c12-7-5-6(8(13)10(17)9(7)14)11(18)16-4-2-1-3-15/h5,17H,1-2,4H2,(H,16,18). The predicted molar refractivity (Wildman–Crippen MR) is 55.2 cm³/mol. The number of nitrogens with zero attached hydrogens (tertiary/aromatic N) is 1. The van der Waals surface area contributed by atoms with Crippen LogP contribution in [0.4, 0.5) is 13.2 Å². The van der Waals surface area contributed by atoms with Gasteiger partial charge >= 0.3 is 0 Å². The first kappa shape index (κ1) is 13.8. The number of halogens is 3. The van der Waals surface area contributed by atoms with Crippen LogP contribution >= 0.6 is 0 Å². The summed E-state index contributed by atoms with van der Waals surface area (Å²) in [7, 11) is 0. The molecule has 0 atom stereocenters. The van der Waals surface area contributed by atoms with Crippen molar-refractivity contribution in [2.45, 2.75) is 12.8 Å². The first-order valence-electron chi connectivity index (χ1n) is 5.00. The SMILES string of the molecule is N#CCCCNC(=O)c1cc(F)c(F)c(O)c1F. The van der Waals surface area contributed by atoms with Gasteiger partial charge in [-0.15, -0.1) is 0 Å². The van der Waals surface area contributed by atoms with Crippen LogP contribution in [0.15, 0.2) is 6.07 Å². The highest BCUT2D eigenvalue weighted by Crippen LogP contribution is 2.25. The van der Waals surface area contributed by atoms with E-state index in [0.717, 1.165) is 0 Å². The van der Waals surface area contributed by atoms with Crippen LogP contribution in [0, 0.1) is 28.8 Å². The highest BCUT2D eigenvalue weighted by molar-refractivity contribution is 5.94. The second-order valence-corrected chi connectivity index (χ2v) is 3.40. The summed E-state index contributed by atoms with van der Waals surface area (Å²) in [5, 5.41) is 19.4. The van der Waals surface area contributed by atoms with Gasteiger partial charge in [-0.2, -0.15) is 9.65 Å². The van der Waals surface area contributed by atoms with Gasteiger partial charge in [-0.05, 0) is 12.5 Å². The van der Waals surface area contributed by atoms with Crippen LogP contribution in [0.5, 0.6) is 5.75 Å². The highest BCUT2D eigenvalue weighted by atomic mass is 19.2. The molecule has 0 aromatic heterocycles. The van der Waals surface area contributed by atoms with Gasteiger partial charge < -0.3 is 10.4 Å². The number of phenolic OH excluding ortho intramolecular Hbond substituents is 1. The van der Waals surface area contributed by atoms with E-state index in [1.165, 1.54) is 0 Å². The van der Waals surface area contributed by atoms with Crippen molar-refractivity contribution in [3.63, 3.8) is 0 Å². The third-order valence-corrected chi connectivity index (χ3v) is 2.13. The average Bonchev–Trinajstić information content (AvgIpc) is 2.36. The number of unbranched alkanes of at least 4 members (excludes halogenated alkanes) is 1. The lowest BCUT2D eigenvalue weighted by atomic mass is 10.1. The molecular weight excluding hydrogens is 249 g/mol. The minimum absolute atomic E-state index is 0.0889. The zero-order valence-electron chi connectivity index (χ0n) is 9.14. The normalized spacial score (nSPS) is 9.89. The first-order valence-corrected chi connectivity index (χ1v) is 5.00. The summed E-state index contributed by atoms with van der Waals surface area (Å²) >= 11 is 0. The molecule has 0 aliphatic carbocycles. The summed E-state index contributed by atoms with van der Waals surface area (Å²) in [5.41, 5.74) is -0.789. The molecule has 0 heterocycles. The molecule has 0 aliphatic heterocycles. The van der Waals surface area contributed by atoms with Crippen LogP contribution in [-0.2, 0) is 0 Å². The number of carbonyl (C=O) groups is 1. The van der Waals surface area contributed by atoms with E-state index in [1.807, 2.05) is 6.07 Å². The molecule has 7 heteroatoms. The molecule has 4 nitrogen and oxygen atoms in total. The van der Waals surface area contributed by atoms with Crippen molar-refractivity contribution in [2.24, 2.45) is 0 Å². The molecule has 0 radical (unpaired) electrons. The Morgan fingerprint density at radius 2 is 2.06 bits per heavy atom. The molecule has 1 amide bonds. The molecule has 0 saturated carbocycles. The Morgan fingerprint density at radius 1 is 1.39 bits per heavy atom. The number of phenols is 1. The van der Waals surface area contributed by atoms with Crippen LogP contribution in [-0.4, -0.2) is 17.6 Å². The van der Waals surface area contributed by atoms with Crippen molar-refractivity contribution in [3.05, 3.63) is 29.1 Å². The molecule has 0 aliphatic rings. The quantitative estimate of drug-likeness (QED) is 0.639. The van der Waals surface area contributed by atoms with Gasteiger partial charge in [0, 0.05) is 13.0 Å². The Bertz CT molecular complexity index is 512. The highest BCUT2D eigenvalue weighted by Gasteiger charge is 2.22. The summed E-state index contributed by atoms with van der Waals surface area (Å²) in [6.45, 7) is 0.0889. The largest absolute Gasteiger partial charge is 0.503 e. The summed E-state index contributed by atoms with van der Waals surface area (Å²) in [6, 6.07) is 2.21. The van der Waals surface area contributed by atoms with Gasteiger partial charge in [-0.1, -0.05) is 0 Å². The molecule has 1 aromatic carbocycles. The van der Waals surface area contributed by atoms with E-state index in [2.05, 4.69) is 5.32 Å². The number of nitrogens with one attached hydrogen (secondary N) is 1. The molecular formula is C11H9F3N2O2. The van der Waals surface area contributed by atoms with Crippen LogP contribution in [0.1, 0.15) is 23.2 Å². The topological polar surface area (TPSA) is 73.1 Å². The minimum atomic E-state index is -1.74. The van der Waals surface area contributed by atoms with Gasteiger partial charge in [0.1, 0.15) is 0 Å². The smallest absolute Gasteiger partial charge is 0.254 e. The molecule has 1 aromatic rings. The Morgan fingerprint density at radius 3 is 2.67 bits per heavy atom. The lowest BCUT2D eigenvalue weighted by molar-refractivity contribution is 0.0947. The molecule has 0 saturated heterocycles. The lowest BCUT2D eigenvalue weighted by Crippen LogP contribution is -2.25. The summed E-state index contributed by atoms with van der Waals surface area (Å²) in [5.74, 6) is -7.30. The van der Waals surface area contributed by atoms with Crippen LogP contribution in [0.25, 0.3) is 0 Å². The van der Waals surface area contributed by atoms with E-state index < -0.39 is 34.7 Å². The molecule has 18 heavy (non-hydrogen) atoms. The molecule has 0 unspecified atom stereocenters. The Labute approximate surface area is 101 Å². The minimum Gasteiger partial charge on any atom is -0.503 e. The molecule has 2 N–H and O–H groups in total. The fraction of sp³-hybridized carbons (Fsp3) is 0.273. The van der Waals surface area contributed by atoms with Crippen molar-refractivity contribution >= 4 is 5.91 Å². The molecule has 0 spiro atoms. The van der Waals surface area contributed by atoms with E-state index in [9.17, 15) is 18.0 Å². The number of rotatable bonds is 4. The second-order valence-electron chi connectivity index (χ2n) is 3.40. The van der Waals surface area contributed by atoms with Gasteiger partial charge in [0.2, 0.25) is 5.82 Å². The van der Waals surface area contributed by atoms with Crippen molar-refractivity contribution in [3.8, 4) is 11.8 Å². The number of nitriles is 1. The van der Waals surface area contributed by atoms with Gasteiger partial charge in [-0.3, -0.25) is 4.79 Å². The van der Waals surface area contributed by atoms with Gasteiger partial charge in [0.05, 0.1) is 11.6 Å². The maximum Gasteiger partial charge on any atom is 0.254 e. The van der Waals surface area contributed by atoms with Crippen molar-refractivity contribution in [1.82, 2.24) is 5.32 Å². The number of amides is 1. The fourth-order valence-electron chi connectivity index (χ4n) is 1.22. The first-order chi connectivity index (χ1) is 8.49. The molecule has 1 rings (SSSR count). The lowest BCUT2D eigenvalue weighted by Gasteiger charge is -2.07. The Kier molecular flexibility index (Phi) is 4.54. The van der Waals surface area contributed by atoms with Crippen molar-refractivity contribution in [2.75, 3.05) is 6.54 Å². The number of benzene rings is 1. The summed E-state index contributed by atoms with van der Waals surface area (Å²) in [4.78, 5) is 11.4. The second kappa shape index (κ2) is 5.91. The number of hydrogen-bond donors (Lipinski definition) is 2. The zero-order valence-corrected chi connectivity index (χ0v) is 9.14. The average molecular weight is 258 g/mol. The van der Waals surface area contributed by atoms with Gasteiger partial charge in [0.25, 0.3) is 5.91 Å². The number of hydrogen-bond acceptors (Lipinski definition) is 3. The van der Waals surface area contributed by atoms with Gasteiger partial charge in [0.15, 0.2) is 17.4 Å². The van der Waals surface area contributed by atoms with E-state index >= 15 is 0 Å². The molecule has 96 valence electrons. The van der Waals surface area contributed by atoms with Crippen molar-refractivity contribution < 1.29 is 23.1 Å². The monoisotopic (exact) mass is 258 g/mol. The van der Waals surface area contributed by atoms with E-state index in [0.29, 0.717) is 12.5 Å². The van der Waals surface area contributed by atoms with Crippen LogP contribution in [0.2, 0.25) is 0 Å². The van der Waals surface area contributed by atoms with Crippen LogP contribution < -0.4 is 5.32 Å². The fourth-order valence-corrected chi connectivity index (χ4v) is 1.22. The summed E-state index contributed by atoms with van der Waals surface area (Å²) in [6.07, 6.45) is 0.547. The maximum absolute atomic E-state index is 13.3. The Balaban J connectivity index is 2.84. The van der Waals surface area contributed by atoms with E-state index in [4.69, 9.17) is 10.4 Å². The molecule has 0 fully saturated rings. The van der Waals surface area contributed by atoms with Crippen LogP contribution in [0.3, 0.4) is 0 Å². The zero-order chi connectivity index (χ0) is 13.7. The van der Waals surface area contributed by atoms with Crippen molar-refractivity contribution in [1.29, 1.82) is 5.26 Å². The predicted octanol–water partition coefficient (Wildman–Crippen LogP) is 1.84. The maximum atomic E-state index is 13.3.